The van der Waals surface area contributed by atoms with Crippen LogP contribution in [-0.2, 0) is 16.7 Å². The molecule has 1 spiro atoms. The fourth-order valence-electron chi connectivity index (χ4n) is 3.78. The number of amides is 1. The molecule has 0 aromatic heterocycles. The number of hydrogen-bond donors (Lipinski definition) is 1. The highest BCUT2D eigenvalue weighted by Crippen LogP contribution is 2.41. The lowest BCUT2D eigenvalue weighted by Gasteiger charge is -2.45. The van der Waals surface area contributed by atoms with E-state index in [1.165, 1.54) is 11.1 Å². The van der Waals surface area contributed by atoms with Gasteiger partial charge >= 0.3 is 6.09 Å². The Bertz CT molecular complexity index is 644. The molecule has 0 aliphatic carbocycles. The molecule has 132 valence electrons. The molecule has 1 aromatic rings. The number of nitrogens with zero attached hydrogens (tertiary/aromatic N) is 1. The number of carbonyl (C=O) groups excluding carboxylic acids is 1. The Labute approximate surface area is 149 Å². The molecular weight excluding hydrogens is 324 g/mol. The van der Waals surface area contributed by atoms with Crippen LogP contribution in [0.2, 0.25) is 5.02 Å². The largest absolute Gasteiger partial charge is 0.444 e. The normalized spacial score (nSPS) is 20.0. The first-order valence-corrected chi connectivity index (χ1v) is 9.06. The molecule has 1 saturated heterocycles. The molecule has 5 heteroatoms. The van der Waals surface area contributed by atoms with Gasteiger partial charge in [0.25, 0.3) is 0 Å². The van der Waals surface area contributed by atoms with Crippen LogP contribution < -0.4 is 5.32 Å². The number of nitrogens with one attached hydrogen (secondary N) is 1. The molecule has 1 aromatic carbocycles. The Morgan fingerprint density at radius 2 is 1.96 bits per heavy atom. The smallest absolute Gasteiger partial charge is 0.410 e. The van der Waals surface area contributed by atoms with Crippen LogP contribution in [0.4, 0.5) is 4.79 Å². The number of ether oxygens (including phenoxy) is 1. The number of hydrogen-bond acceptors (Lipinski definition) is 3. The van der Waals surface area contributed by atoms with Crippen LogP contribution >= 0.6 is 11.6 Å². The minimum Gasteiger partial charge on any atom is -0.444 e. The zero-order chi connectivity index (χ0) is 17.5. The number of likely N-dealkylation sites (tertiary alicyclic amines) is 1. The van der Waals surface area contributed by atoms with Crippen molar-refractivity contribution in [3.8, 4) is 0 Å². The molecule has 1 fully saturated rings. The van der Waals surface area contributed by atoms with Crippen LogP contribution in [0.25, 0.3) is 0 Å². The number of aryl methyl sites for hydroxylation is 1. The fourth-order valence-corrected chi connectivity index (χ4v) is 3.97. The van der Waals surface area contributed by atoms with Gasteiger partial charge in [-0.2, -0.15) is 0 Å². The van der Waals surface area contributed by atoms with Gasteiger partial charge in [-0.1, -0.05) is 17.7 Å². The summed E-state index contributed by atoms with van der Waals surface area (Å²) >= 11 is 6.30. The number of halogens is 1. The number of carbonyl (C=O) groups is 1. The van der Waals surface area contributed by atoms with E-state index in [1.807, 2.05) is 25.7 Å². The zero-order valence-electron chi connectivity index (χ0n) is 15.0. The lowest BCUT2D eigenvalue weighted by Crippen LogP contribution is -2.52. The third kappa shape index (κ3) is 3.40. The second-order valence-corrected chi connectivity index (χ2v) is 8.52. The lowest BCUT2D eigenvalue weighted by atomic mass is 9.69. The Morgan fingerprint density at radius 1 is 1.29 bits per heavy atom. The Hall–Kier alpha value is -1.26. The van der Waals surface area contributed by atoms with Crippen molar-refractivity contribution in [2.75, 3.05) is 19.6 Å². The van der Waals surface area contributed by atoms with Crippen LogP contribution in [0.3, 0.4) is 0 Å². The van der Waals surface area contributed by atoms with Crippen molar-refractivity contribution in [3.05, 3.63) is 33.8 Å². The molecule has 0 bridgehead atoms. The molecule has 1 amide bonds. The van der Waals surface area contributed by atoms with Crippen molar-refractivity contribution in [3.63, 3.8) is 0 Å². The summed E-state index contributed by atoms with van der Waals surface area (Å²) in [5.74, 6) is 0. The summed E-state index contributed by atoms with van der Waals surface area (Å²) in [5.41, 5.74) is 3.49. The number of benzene rings is 1. The van der Waals surface area contributed by atoms with Crippen molar-refractivity contribution >= 4 is 17.7 Å². The van der Waals surface area contributed by atoms with Crippen molar-refractivity contribution in [1.29, 1.82) is 0 Å². The first kappa shape index (κ1) is 17.6. The first-order valence-electron chi connectivity index (χ1n) is 8.68. The average molecular weight is 351 g/mol. The molecule has 0 radical (unpaired) electrons. The summed E-state index contributed by atoms with van der Waals surface area (Å²) in [6.45, 7) is 11.1. The van der Waals surface area contributed by atoms with E-state index in [0.717, 1.165) is 49.6 Å². The summed E-state index contributed by atoms with van der Waals surface area (Å²) in [4.78, 5) is 14.1. The highest BCUT2D eigenvalue weighted by atomic mass is 35.5. The van der Waals surface area contributed by atoms with Gasteiger partial charge in [-0.3, -0.25) is 0 Å². The third-order valence-electron chi connectivity index (χ3n) is 5.11. The summed E-state index contributed by atoms with van der Waals surface area (Å²) in [6, 6.07) is 4.35. The van der Waals surface area contributed by atoms with E-state index in [1.54, 1.807) is 0 Å². The molecule has 2 aliphatic heterocycles. The highest BCUT2D eigenvalue weighted by Gasteiger charge is 2.41. The molecular formula is C19H27ClN2O2. The van der Waals surface area contributed by atoms with Crippen molar-refractivity contribution < 1.29 is 9.53 Å². The van der Waals surface area contributed by atoms with E-state index in [4.69, 9.17) is 16.3 Å². The van der Waals surface area contributed by atoms with E-state index in [9.17, 15) is 4.79 Å². The Kier molecular flexibility index (Phi) is 4.56. The van der Waals surface area contributed by atoms with Gasteiger partial charge in [0.15, 0.2) is 0 Å². The maximum Gasteiger partial charge on any atom is 0.410 e. The molecule has 24 heavy (non-hydrogen) atoms. The maximum absolute atomic E-state index is 12.3. The van der Waals surface area contributed by atoms with Crippen LogP contribution in [0.1, 0.15) is 50.3 Å². The Balaban J connectivity index is 1.77. The maximum atomic E-state index is 12.3. The van der Waals surface area contributed by atoms with E-state index in [0.29, 0.717) is 0 Å². The summed E-state index contributed by atoms with van der Waals surface area (Å²) in [7, 11) is 0. The van der Waals surface area contributed by atoms with Crippen molar-refractivity contribution in [1.82, 2.24) is 10.2 Å². The molecule has 0 atom stereocenters. The van der Waals surface area contributed by atoms with Gasteiger partial charge in [0.1, 0.15) is 5.60 Å². The minimum absolute atomic E-state index is 0.0987. The van der Waals surface area contributed by atoms with E-state index in [-0.39, 0.29) is 11.5 Å². The monoisotopic (exact) mass is 350 g/mol. The third-order valence-corrected chi connectivity index (χ3v) is 5.51. The first-order chi connectivity index (χ1) is 11.2. The van der Waals surface area contributed by atoms with Gasteiger partial charge < -0.3 is 15.0 Å². The van der Waals surface area contributed by atoms with E-state index >= 15 is 0 Å². The quantitative estimate of drug-likeness (QED) is 0.768. The second kappa shape index (κ2) is 6.23. The van der Waals surface area contributed by atoms with Gasteiger partial charge in [0.2, 0.25) is 0 Å². The molecule has 4 nitrogen and oxygen atoms in total. The van der Waals surface area contributed by atoms with Gasteiger partial charge in [0, 0.05) is 36.6 Å². The number of piperidine rings is 1. The molecule has 0 saturated carbocycles. The summed E-state index contributed by atoms with van der Waals surface area (Å²) in [5, 5.41) is 4.37. The highest BCUT2D eigenvalue weighted by molar-refractivity contribution is 6.31. The van der Waals surface area contributed by atoms with Crippen molar-refractivity contribution in [2.45, 2.75) is 58.1 Å². The van der Waals surface area contributed by atoms with Gasteiger partial charge in [-0.25, -0.2) is 4.79 Å². The molecule has 0 unspecified atom stereocenters. The van der Waals surface area contributed by atoms with Crippen LogP contribution in [0.15, 0.2) is 12.1 Å². The van der Waals surface area contributed by atoms with E-state index < -0.39 is 5.60 Å². The topological polar surface area (TPSA) is 41.6 Å². The van der Waals surface area contributed by atoms with Gasteiger partial charge in [0.05, 0.1) is 0 Å². The van der Waals surface area contributed by atoms with Gasteiger partial charge in [-0.15, -0.1) is 0 Å². The molecule has 2 heterocycles. The second-order valence-electron chi connectivity index (χ2n) is 8.11. The minimum atomic E-state index is -0.445. The van der Waals surface area contributed by atoms with Gasteiger partial charge in [-0.05, 0) is 63.3 Å². The molecule has 2 aliphatic rings. The van der Waals surface area contributed by atoms with Crippen LogP contribution in [-0.4, -0.2) is 36.2 Å². The summed E-state index contributed by atoms with van der Waals surface area (Å²) < 4.78 is 5.51. The van der Waals surface area contributed by atoms with Crippen LogP contribution in [0.5, 0.6) is 0 Å². The summed E-state index contributed by atoms with van der Waals surface area (Å²) in [6.07, 6.45) is 1.70. The standard InChI is InChI=1S/C19H27ClN2O2/c1-13-9-15-14(10-16(13)20)11-21-12-19(15)5-7-22(8-6-19)17(23)24-18(2,3)4/h9-10,21H,5-8,11-12H2,1-4H3. The molecule has 3 rings (SSSR count). The van der Waals surface area contributed by atoms with Crippen molar-refractivity contribution in [2.24, 2.45) is 0 Å². The van der Waals surface area contributed by atoms with E-state index in [2.05, 4.69) is 24.4 Å². The lowest BCUT2D eigenvalue weighted by molar-refractivity contribution is 0.0159. The van der Waals surface area contributed by atoms with Crippen LogP contribution in [0, 0.1) is 6.92 Å². The zero-order valence-corrected chi connectivity index (χ0v) is 15.8. The molecule has 1 N–H and O–H groups in total. The average Bonchev–Trinajstić information content (AvgIpc) is 2.49. The number of fused-ring (bicyclic) bond motifs is 2. The SMILES string of the molecule is Cc1cc2c(cc1Cl)CNCC21CCN(C(=O)OC(C)(C)C)CC1. The Morgan fingerprint density at radius 3 is 2.58 bits per heavy atom. The number of rotatable bonds is 0. The predicted octanol–water partition coefficient (Wildman–Crippen LogP) is 4.02. The predicted molar refractivity (Wildman–Crippen MR) is 96.6 cm³/mol. The fraction of sp³-hybridized carbons (Fsp3) is 0.632.